The molecule has 0 radical (unpaired) electrons. The average Bonchev–Trinajstić information content (AvgIpc) is 3.21. The van der Waals surface area contributed by atoms with E-state index in [9.17, 15) is 8.42 Å². The third-order valence-electron chi connectivity index (χ3n) is 4.87. The van der Waals surface area contributed by atoms with E-state index in [0.29, 0.717) is 36.9 Å². The van der Waals surface area contributed by atoms with Crippen LogP contribution >= 0.6 is 11.6 Å². The predicted octanol–water partition coefficient (Wildman–Crippen LogP) is 4.23. The molecule has 0 bridgehead atoms. The number of halogens is 1. The summed E-state index contributed by atoms with van der Waals surface area (Å²) in [5.74, 6) is 0.490. The van der Waals surface area contributed by atoms with Gasteiger partial charge in [-0.05, 0) is 48.4 Å². The smallest absolute Gasteiger partial charge is 0.236 e. The van der Waals surface area contributed by atoms with E-state index in [2.05, 4.69) is 4.98 Å². The van der Waals surface area contributed by atoms with E-state index < -0.39 is 9.84 Å². The number of nitrogens with zero attached hydrogens (tertiary/aromatic N) is 2. The number of ether oxygens (including phenoxy) is 1. The molecule has 0 unspecified atom stereocenters. The molecule has 2 heterocycles. The standard InChI is InChI=1S/C21H21ClN2O4S/c1-2-15-3-9-18(10-4-15)29(25,26)20-21(24-11-13-27-14-12-24)28-19(23-20)16-5-7-17(22)8-6-16/h3-10H,2,11-14H2,1H3. The Morgan fingerprint density at radius 3 is 2.31 bits per heavy atom. The quantitative estimate of drug-likeness (QED) is 0.600. The van der Waals surface area contributed by atoms with Crippen LogP contribution in [-0.4, -0.2) is 39.7 Å². The van der Waals surface area contributed by atoms with Crippen LogP contribution in [0.25, 0.3) is 11.5 Å². The second-order valence-corrected chi connectivity index (χ2v) is 9.04. The normalized spacial score (nSPS) is 14.9. The van der Waals surface area contributed by atoms with Crippen molar-refractivity contribution in [2.75, 3.05) is 31.2 Å². The van der Waals surface area contributed by atoms with Crippen LogP contribution in [0.1, 0.15) is 12.5 Å². The van der Waals surface area contributed by atoms with Gasteiger partial charge in [0.25, 0.3) is 0 Å². The van der Waals surface area contributed by atoms with Crippen LogP contribution < -0.4 is 4.90 Å². The van der Waals surface area contributed by atoms with Gasteiger partial charge in [-0.1, -0.05) is 30.7 Å². The highest BCUT2D eigenvalue weighted by molar-refractivity contribution is 7.91. The van der Waals surface area contributed by atoms with Gasteiger partial charge in [-0.2, -0.15) is 4.98 Å². The molecule has 1 aliphatic heterocycles. The van der Waals surface area contributed by atoms with Crippen molar-refractivity contribution in [1.29, 1.82) is 0 Å². The molecule has 8 heteroatoms. The Bertz CT molecular complexity index is 1090. The summed E-state index contributed by atoms with van der Waals surface area (Å²) in [6, 6.07) is 13.8. The Labute approximate surface area is 175 Å². The molecule has 0 saturated carbocycles. The van der Waals surface area contributed by atoms with Crippen molar-refractivity contribution in [3.63, 3.8) is 0 Å². The van der Waals surface area contributed by atoms with Crippen LogP contribution in [0.3, 0.4) is 0 Å². The Hall–Kier alpha value is -2.35. The molecule has 0 spiro atoms. The maximum atomic E-state index is 13.4. The van der Waals surface area contributed by atoms with Crippen LogP contribution in [0.5, 0.6) is 0 Å². The molecule has 2 aromatic carbocycles. The van der Waals surface area contributed by atoms with E-state index in [1.165, 1.54) is 0 Å². The lowest BCUT2D eigenvalue weighted by atomic mass is 10.2. The summed E-state index contributed by atoms with van der Waals surface area (Å²) in [6.45, 7) is 4.10. The third-order valence-corrected chi connectivity index (χ3v) is 6.79. The topological polar surface area (TPSA) is 72.6 Å². The molecule has 1 aromatic heterocycles. The average molecular weight is 433 g/mol. The lowest BCUT2D eigenvalue weighted by molar-refractivity contribution is 0.120. The SMILES string of the molecule is CCc1ccc(S(=O)(=O)c2nc(-c3ccc(Cl)cc3)oc2N2CCOCC2)cc1. The van der Waals surface area contributed by atoms with Crippen molar-refractivity contribution >= 4 is 27.3 Å². The second kappa shape index (κ2) is 8.18. The first-order chi connectivity index (χ1) is 14.0. The fourth-order valence-corrected chi connectivity index (χ4v) is 4.62. The molecule has 4 rings (SSSR count). The Morgan fingerprint density at radius 2 is 1.69 bits per heavy atom. The largest absolute Gasteiger partial charge is 0.419 e. The molecule has 1 fully saturated rings. The predicted molar refractivity (Wildman–Crippen MR) is 111 cm³/mol. The van der Waals surface area contributed by atoms with E-state index in [4.69, 9.17) is 20.8 Å². The van der Waals surface area contributed by atoms with E-state index in [-0.39, 0.29) is 21.7 Å². The summed E-state index contributed by atoms with van der Waals surface area (Å²) < 4.78 is 38.2. The van der Waals surface area contributed by atoms with Gasteiger partial charge in [0.2, 0.25) is 26.6 Å². The monoisotopic (exact) mass is 432 g/mol. The zero-order valence-corrected chi connectivity index (χ0v) is 17.5. The van der Waals surface area contributed by atoms with E-state index in [1.54, 1.807) is 36.4 Å². The van der Waals surface area contributed by atoms with Crippen LogP contribution in [0, 0.1) is 0 Å². The molecular weight excluding hydrogens is 412 g/mol. The maximum absolute atomic E-state index is 13.4. The molecule has 1 saturated heterocycles. The first-order valence-corrected chi connectivity index (χ1v) is 11.3. The lowest BCUT2D eigenvalue weighted by Crippen LogP contribution is -2.36. The fourth-order valence-electron chi connectivity index (χ4n) is 3.17. The zero-order chi connectivity index (χ0) is 20.4. The van der Waals surface area contributed by atoms with Crippen LogP contribution in [0.2, 0.25) is 5.02 Å². The maximum Gasteiger partial charge on any atom is 0.236 e. The number of benzene rings is 2. The van der Waals surface area contributed by atoms with Crippen molar-refractivity contribution in [3.05, 3.63) is 59.1 Å². The van der Waals surface area contributed by atoms with E-state index in [1.807, 2.05) is 24.0 Å². The van der Waals surface area contributed by atoms with Gasteiger partial charge in [0.15, 0.2) is 0 Å². The number of sulfone groups is 1. The molecule has 1 aliphatic rings. The first-order valence-electron chi connectivity index (χ1n) is 9.42. The minimum Gasteiger partial charge on any atom is -0.419 e. The van der Waals surface area contributed by atoms with Crippen LogP contribution in [0.15, 0.2) is 62.9 Å². The summed E-state index contributed by atoms with van der Waals surface area (Å²) in [7, 11) is -3.85. The highest BCUT2D eigenvalue weighted by Gasteiger charge is 2.32. The van der Waals surface area contributed by atoms with Gasteiger partial charge < -0.3 is 14.1 Å². The molecular formula is C21H21ClN2O4S. The molecule has 0 atom stereocenters. The molecule has 29 heavy (non-hydrogen) atoms. The third kappa shape index (κ3) is 4.03. The number of aromatic nitrogens is 1. The van der Waals surface area contributed by atoms with Crippen LogP contribution in [-0.2, 0) is 21.0 Å². The summed E-state index contributed by atoms with van der Waals surface area (Å²) in [5.41, 5.74) is 1.73. The van der Waals surface area contributed by atoms with Crippen molar-refractivity contribution in [2.24, 2.45) is 0 Å². The zero-order valence-electron chi connectivity index (χ0n) is 16.0. The van der Waals surface area contributed by atoms with E-state index >= 15 is 0 Å². The molecule has 6 nitrogen and oxygen atoms in total. The molecule has 152 valence electrons. The highest BCUT2D eigenvalue weighted by Crippen LogP contribution is 2.35. The Balaban J connectivity index is 1.82. The van der Waals surface area contributed by atoms with Crippen molar-refractivity contribution in [3.8, 4) is 11.5 Å². The summed E-state index contributed by atoms with van der Waals surface area (Å²) in [6.07, 6.45) is 0.837. The summed E-state index contributed by atoms with van der Waals surface area (Å²) in [5, 5.41) is 0.506. The molecule has 0 aliphatic carbocycles. The number of anilines is 1. The van der Waals surface area contributed by atoms with Crippen molar-refractivity contribution in [2.45, 2.75) is 23.3 Å². The number of hydrogen-bond donors (Lipinski definition) is 0. The number of rotatable bonds is 5. The van der Waals surface area contributed by atoms with E-state index in [0.717, 1.165) is 12.0 Å². The number of hydrogen-bond acceptors (Lipinski definition) is 6. The Kier molecular flexibility index (Phi) is 5.63. The van der Waals surface area contributed by atoms with Gasteiger partial charge in [0.05, 0.1) is 18.1 Å². The summed E-state index contributed by atoms with van der Waals surface area (Å²) in [4.78, 5) is 6.45. The highest BCUT2D eigenvalue weighted by atomic mass is 35.5. The van der Waals surface area contributed by atoms with Gasteiger partial charge in [-0.25, -0.2) is 8.42 Å². The molecule has 0 amide bonds. The second-order valence-electron chi connectivity index (χ2n) is 6.74. The molecule has 3 aromatic rings. The number of oxazole rings is 1. The molecule has 0 N–H and O–H groups in total. The first kappa shape index (κ1) is 19.9. The van der Waals surface area contributed by atoms with Gasteiger partial charge in [-0.3, -0.25) is 0 Å². The van der Waals surface area contributed by atoms with Crippen LogP contribution in [0.4, 0.5) is 5.88 Å². The summed E-state index contributed by atoms with van der Waals surface area (Å²) >= 11 is 5.97. The number of aryl methyl sites for hydroxylation is 1. The van der Waals surface area contributed by atoms with Gasteiger partial charge in [-0.15, -0.1) is 0 Å². The Morgan fingerprint density at radius 1 is 1.03 bits per heavy atom. The van der Waals surface area contributed by atoms with Crippen molar-refractivity contribution in [1.82, 2.24) is 4.98 Å². The van der Waals surface area contributed by atoms with Gasteiger partial charge in [0, 0.05) is 23.7 Å². The minimum atomic E-state index is -3.85. The van der Waals surface area contributed by atoms with Gasteiger partial charge in [0.1, 0.15) is 0 Å². The minimum absolute atomic E-state index is 0.0754. The van der Waals surface area contributed by atoms with Crippen molar-refractivity contribution < 1.29 is 17.6 Å². The van der Waals surface area contributed by atoms with Gasteiger partial charge >= 0.3 is 0 Å². The number of morpholine rings is 1. The fraction of sp³-hybridized carbons (Fsp3) is 0.286. The lowest BCUT2D eigenvalue weighted by Gasteiger charge is -2.26.